The second-order valence-corrected chi connectivity index (χ2v) is 3.57. The van der Waals surface area contributed by atoms with Gasteiger partial charge >= 0.3 is 0 Å². The highest BCUT2D eigenvalue weighted by atomic mass is 19.1. The molecule has 1 rings (SSSR count). The minimum Gasteiger partial charge on any atom is -0.395 e. The number of hydrogen-bond donors (Lipinski definition) is 3. The summed E-state index contributed by atoms with van der Waals surface area (Å²) in [4.78, 5) is 9.31. The van der Waals surface area contributed by atoms with Crippen molar-refractivity contribution in [3.63, 3.8) is 0 Å². The van der Waals surface area contributed by atoms with Crippen LogP contribution in [0.4, 0.5) is 16.2 Å². The van der Waals surface area contributed by atoms with Crippen molar-refractivity contribution in [1.82, 2.24) is 9.97 Å². The van der Waals surface area contributed by atoms with E-state index in [1.165, 1.54) is 0 Å². The second kappa shape index (κ2) is 6.97. The molecule has 0 bridgehead atoms. The van der Waals surface area contributed by atoms with Gasteiger partial charge < -0.3 is 10.0 Å². The van der Waals surface area contributed by atoms with Crippen LogP contribution < -0.4 is 16.2 Å². The van der Waals surface area contributed by atoms with Crippen LogP contribution in [0.2, 0.25) is 0 Å². The Hall–Kier alpha value is -1.47. The Labute approximate surface area is 99.6 Å². The highest BCUT2D eigenvalue weighted by Gasteiger charge is 2.14. The van der Waals surface area contributed by atoms with Gasteiger partial charge in [0.25, 0.3) is 0 Å². The van der Waals surface area contributed by atoms with Crippen LogP contribution in [-0.2, 0) is 0 Å². The van der Waals surface area contributed by atoms with E-state index in [4.69, 9.17) is 10.9 Å². The number of nitrogens with one attached hydrogen (secondary N) is 1. The molecule has 0 aromatic carbocycles. The van der Waals surface area contributed by atoms with E-state index in [0.717, 1.165) is 19.0 Å². The largest absolute Gasteiger partial charge is 0.395 e. The van der Waals surface area contributed by atoms with Crippen molar-refractivity contribution in [2.45, 2.75) is 19.8 Å². The number of hydrazine groups is 1. The zero-order chi connectivity index (χ0) is 12.7. The van der Waals surface area contributed by atoms with Gasteiger partial charge in [0.05, 0.1) is 12.8 Å². The Balaban J connectivity index is 2.90. The summed E-state index contributed by atoms with van der Waals surface area (Å²) >= 11 is 0. The molecular formula is C10H18FN5O. The van der Waals surface area contributed by atoms with Gasteiger partial charge in [-0.3, -0.25) is 5.43 Å². The maximum absolute atomic E-state index is 13.6. The highest BCUT2D eigenvalue weighted by molar-refractivity contribution is 5.43. The van der Waals surface area contributed by atoms with Gasteiger partial charge in [-0.1, -0.05) is 13.3 Å². The van der Waals surface area contributed by atoms with E-state index >= 15 is 0 Å². The smallest absolute Gasteiger partial charge is 0.239 e. The molecule has 0 saturated carbocycles. The Bertz CT molecular complexity index is 349. The van der Waals surface area contributed by atoms with E-state index in [9.17, 15) is 4.39 Å². The third kappa shape index (κ3) is 3.79. The lowest BCUT2D eigenvalue weighted by atomic mass is 10.3. The molecule has 1 aromatic heterocycles. The van der Waals surface area contributed by atoms with Crippen molar-refractivity contribution in [2.24, 2.45) is 5.84 Å². The summed E-state index contributed by atoms with van der Waals surface area (Å²) in [5.41, 5.74) is 2.27. The lowest BCUT2D eigenvalue weighted by molar-refractivity contribution is 0.300. The minimum atomic E-state index is -0.520. The number of hydrogen-bond acceptors (Lipinski definition) is 6. The van der Waals surface area contributed by atoms with Gasteiger partial charge in [0, 0.05) is 13.1 Å². The number of halogens is 1. The molecule has 0 aliphatic heterocycles. The Kier molecular flexibility index (Phi) is 5.58. The summed E-state index contributed by atoms with van der Waals surface area (Å²) in [6.45, 7) is 2.95. The number of nitrogens with two attached hydrogens (primary N) is 1. The molecule has 0 fully saturated rings. The van der Waals surface area contributed by atoms with Crippen LogP contribution in [-0.4, -0.2) is 34.8 Å². The fraction of sp³-hybridized carbons (Fsp3) is 0.600. The first-order valence-electron chi connectivity index (χ1n) is 5.57. The lowest BCUT2D eigenvalue weighted by Gasteiger charge is -2.23. The van der Waals surface area contributed by atoms with Crippen LogP contribution in [0.15, 0.2) is 6.20 Å². The summed E-state index contributed by atoms with van der Waals surface area (Å²) in [6, 6.07) is 0. The fourth-order valence-electron chi connectivity index (χ4n) is 1.44. The third-order valence-corrected chi connectivity index (χ3v) is 2.31. The maximum Gasteiger partial charge on any atom is 0.239 e. The predicted molar refractivity (Wildman–Crippen MR) is 64.0 cm³/mol. The zero-order valence-corrected chi connectivity index (χ0v) is 9.86. The fourth-order valence-corrected chi connectivity index (χ4v) is 1.44. The van der Waals surface area contributed by atoms with Crippen molar-refractivity contribution in [1.29, 1.82) is 0 Å². The molecule has 0 saturated heterocycles. The maximum atomic E-state index is 13.6. The molecule has 0 radical (unpaired) electrons. The van der Waals surface area contributed by atoms with Crippen molar-refractivity contribution in [2.75, 3.05) is 30.0 Å². The van der Waals surface area contributed by atoms with Gasteiger partial charge in [-0.2, -0.15) is 4.98 Å². The number of anilines is 2. The second-order valence-electron chi connectivity index (χ2n) is 3.57. The number of aliphatic hydroxyl groups excluding tert-OH is 1. The first kappa shape index (κ1) is 13.6. The SMILES string of the molecule is CCCCN(CCO)c1nc(NN)ncc1F. The molecule has 0 atom stereocenters. The summed E-state index contributed by atoms with van der Waals surface area (Å²) in [6.07, 6.45) is 2.94. The van der Waals surface area contributed by atoms with Crippen LogP contribution in [0.5, 0.6) is 0 Å². The van der Waals surface area contributed by atoms with Gasteiger partial charge in [-0.25, -0.2) is 15.2 Å². The van der Waals surface area contributed by atoms with Crippen molar-refractivity contribution >= 4 is 11.8 Å². The van der Waals surface area contributed by atoms with Crippen molar-refractivity contribution in [3.8, 4) is 0 Å². The zero-order valence-electron chi connectivity index (χ0n) is 9.86. The molecule has 17 heavy (non-hydrogen) atoms. The van der Waals surface area contributed by atoms with Crippen LogP contribution in [0.25, 0.3) is 0 Å². The summed E-state index contributed by atoms with van der Waals surface area (Å²) < 4.78 is 13.6. The van der Waals surface area contributed by atoms with Crippen LogP contribution in [0, 0.1) is 5.82 Å². The monoisotopic (exact) mass is 243 g/mol. The molecule has 0 aliphatic carbocycles. The predicted octanol–water partition coefficient (Wildman–Crippen LogP) is 0.500. The number of nitrogen functional groups attached to an aromatic ring is 1. The first-order valence-corrected chi connectivity index (χ1v) is 5.57. The van der Waals surface area contributed by atoms with Gasteiger partial charge in [-0.15, -0.1) is 0 Å². The van der Waals surface area contributed by atoms with Crippen LogP contribution in [0.3, 0.4) is 0 Å². The van der Waals surface area contributed by atoms with Crippen molar-refractivity contribution < 1.29 is 9.50 Å². The van der Waals surface area contributed by atoms with Gasteiger partial charge in [0.1, 0.15) is 0 Å². The van der Waals surface area contributed by atoms with Gasteiger partial charge in [0.2, 0.25) is 5.95 Å². The summed E-state index contributed by atoms with van der Waals surface area (Å²) in [5.74, 6) is 4.97. The standard InChI is InChI=1S/C10H18FN5O/c1-2-3-4-16(5-6-17)9-8(11)7-13-10(14-9)15-12/h7,17H,2-6,12H2,1H3,(H,13,14,15). The van der Waals surface area contributed by atoms with E-state index in [2.05, 4.69) is 15.4 Å². The molecule has 0 spiro atoms. The van der Waals surface area contributed by atoms with Crippen LogP contribution in [0.1, 0.15) is 19.8 Å². The normalized spacial score (nSPS) is 10.4. The number of rotatable bonds is 7. The third-order valence-electron chi connectivity index (χ3n) is 2.31. The van der Waals surface area contributed by atoms with E-state index < -0.39 is 5.82 Å². The van der Waals surface area contributed by atoms with E-state index in [0.29, 0.717) is 13.1 Å². The number of unbranched alkanes of at least 4 members (excludes halogenated alkanes) is 1. The number of nitrogens with zero attached hydrogens (tertiary/aromatic N) is 3. The Morgan fingerprint density at radius 1 is 1.53 bits per heavy atom. The molecular weight excluding hydrogens is 225 g/mol. The molecule has 0 aliphatic rings. The number of aliphatic hydroxyl groups is 1. The molecule has 96 valence electrons. The lowest BCUT2D eigenvalue weighted by Crippen LogP contribution is -2.30. The minimum absolute atomic E-state index is 0.0570. The molecule has 1 aromatic rings. The molecule has 0 amide bonds. The average molecular weight is 243 g/mol. The molecule has 1 heterocycles. The summed E-state index contributed by atoms with van der Waals surface area (Å²) in [7, 11) is 0. The highest BCUT2D eigenvalue weighted by Crippen LogP contribution is 2.17. The Morgan fingerprint density at radius 2 is 2.29 bits per heavy atom. The Morgan fingerprint density at radius 3 is 2.88 bits per heavy atom. The van der Waals surface area contributed by atoms with Crippen LogP contribution >= 0.6 is 0 Å². The molecule has 6 nitrogen and oxygen atoms in total. The average Bonchev–Trinajstić information content (AvgIpc) is 2.35. The topological polar surface area (TPSA) is 87.3 Å². The van der Waals surface area contributed by atoms with E-state index in [1.807, 2.05) is 6.92 Å². The molecule has 7 heteroatoms. The van der Waals surface area contributed by atoms with Gasteiger partial charge in [-0.05, 0) is 6.42 Å². The van der Waals surface area contributed by atoms with E-state index in [1.54, 1.807) is 4.90 Å². The number of aromatic nitrogens is 2. The molecule has 0 unspecified atom stereocenters. The summed E-state index contributed by atoms with van der Waals surface area (Å²) in [5, 5.41) is 8.97. The van der Waals surface area contributed by atoms with E-state index in [-0.39, 0.29) is 18.4 Å². The molecule has 4 N–H and O–H groups in total. The quantitative estimate of drug-likeness (QED) is 0.477. The first-order chi connectivity index (χ1) is 8.22. The van der Waals surface area contributed by atoms with Crippen molar-refractivity contribution in [3.05, 3.63) is 12.0 Å². The van der Waals surface area contributed by atoms with Gasteiger partial charge in [0.15, 0.2) is 11.6 Å².